The van der Waals surface area contributed by atoms with Crippen LogP contribution in [0.1, 0.15) is 123 Å². The molecule has 3 aliphatic carbocycles. The number of allylic oxidation sites excluding steroid dienone is 4. The van der Waals surface area contributed by atoms with Crippen molar-refractivity contribution in [3.8, 4) is 0 Å². The molecule has 0 aromatic carbocycles. The van der Waals surface area contributed by atoms with Gasteiger partial charge in [0.05, 0.1) is 0 Å². The molecule has 0 heterocycles. The molecule has 3 aliphatic rings. The summed E-state index contributed by atoms with van der Waals surface area (Å²) < 4.78 is 0. The fourth-order valence-corrected chi connectivity index (χ4v) is 6.73. The second-order valence-electron chi connectivity index (χ2n) is 10.9. The molecule has 29 heavy (non-hydrogen) atoms. The Labute approximate surface area is 183 Å². The Hall–Kier alpha value is -0.520. The topological polar surface area (TPSA) is 0 Å². The Bertz CT molecular complexity index is 462. The van der Waals surface area contributed by atoms with Crippen LogP contribution in [-0.4, -0.2) is 0 Å². The predicted molar refractivity (Wildman–Crippen MR) is 129 cm³/mol. The van der Waals surface area contributed by atoms with E-state index in [2.05, 4.69) is 38.2 Å². The number of rotatable bonds is 9. The Balaban J connectivity index is 1.29. The number of hydrogen-bond donors (Lipinski definition) is 0. The second kappa shape index (κ2) is 13.0. The minimum Gasteiger partial charge on any atom is -0.0914 e. The first-order valence-electron chi connectivity index (χ1n) is 13.6. The molecule has 3 fully saturated rings. The molecule has 0 bridgehead atoms. The third kappa shape index (κ3) is 7.91. The lowest BCUT2D eigenvalue weighted by Crippen LogP contribution is -2.25. The molecule has 0 radical (unpaired) electrons. The molecule has 0 spiro atoms. The summed E-state index contributed by atoms with van der Waals surface area (Å²) in [5.74, 6) is 5.85. The molecule has 0 N–H and O–H groups in total. The van der Waals surface area contributed by atoms with Gasteiger partial charge in [-0.1, -0.05) is 63.3 Å². The van der Waals surface area contributed by atoms with Crippen molar-refractivity contribution >= 4 is 0 Å². The van der Waals surface area contributed by atoms with Crippen molar-refractivity contribution in [2.45, 2.75) is 123 Å². The van der Waals surface area contributed by atoms with Crippen LogP contribution in [0.2, 0.25) is 0 Å². The molecular formula is C29H50. The van der Waals surface area contributed by atoms with Crippen LogP contribution in [0, 0.1) is 35.5 Å². The van der Waals surface area contributed by atoms with Crippen LogP contribution >= 0.6 is 0 Å². The van der Waals surface area contributed by atoms with E-state index >= 15 is 0 Å². The SMILES string of the molecule is CC=CC1CCC(C2CCC(C=CC3CCC(CCCCCC)CC3)CC2)CC1. The van der Waals surface area contributed by atoms with Crippen molar-refractivity contribution in [2.24, 2.45) is 35.5 Å². The maximum atomic E-state index is 2.66. The van der Waals surface area contributed by atoms with Crippen LogP contribution in [-0.2, 0) is 0 Å². The van der Waals surface area contributed by atoms with E-state index in [4.69, 9.17) is 0 Å². The van der Waals surface area contributed by atoms with Gasteiger partial charge in [0.15, 0.2) is 0 Å². The molecule has 0 unspecified atom stereocenters. The summed E-state index contributed by atoms with van der Waals surface area (Å²) in [5, 5.41) is 0. The van der Waals surface area contributed by atoms with Gasteiger partial charge in [0.2, 0.25) is 0 Å². The molecule has 0 atom stereocenters. The van der Waals surface area contributed by atoms with Crippen molar-refractivity contribution in [3.63, 3.8) is 0 Å². The molecule has 0 aliphatic heterocycles. The summed E-state index contributed by atoms with van der Waals surface area (Å²) in [5.41, 5.74) is 0. The summed E-state index contributed by atoms with van der Waals surface area (Å²) in [7, 11) is 0. The zero-order valence-corrected chi connectivity index (χ0v) is 19.8. The van der Waals surface area contributed by atoms with Gasteiger partial charge in [-0.25, -0.2) is 0 Å². The molecular weight excluding hydrogens is 348 g/mol. The molecule has 3 saturated carbocycles. The predicted octanol–water partition coefficient (Wildman–Crippen LogP) is 9.51. The first-order valence-corrected chi connectivity index (χ1v) is 13.6. The third-order valence-corrected chi connectivity index (χ3v) is 8.78. The van der Waals surface area contributed by atoms with Gasteiger partial charge in [0.1, 0.15) is 0 Å². The van der Waals surface area contributed by atoms with Crippen LogP contribution in [0.3, 0.4) is 0 Å². The average molecular weight is 399 g/mol. The van der Waals surface area contributed by atoms with Crippen LogP contribution in [0.4, 0.5) is 0 Å². The van der Waals surface area contributed by atoms with Gasteiger partial charge < -0.3 is 0 Å². The molecule has 0 amide bonds. The zero-order chi connectivity index (χ0) is 20.3. The molecule has 0 nitrogen and oxygen atoms in total. The second-order valence-corrected chi connectivity index (χ2v) is 10.9. The highest BCUT2D eigenvalue weighted by atomic mass is 14.3. The van der Waals surface area contributed by atoms with Crippen LogP contribution < -0.4 is 0 Å². The highest BCUT2D eigenvalue weighted by Gasteiger charge is 2.29. The van der Waals surface area contributed by atoms with E-state index < -0.39 is 0 Å². The minimum absolute atomic E-state index is 0.891. The lowest BCUT2D eigenvalue weighted by atomic mass is 9.69. The Morgan fingerprint density at radius 2 is 1.03 bits per heavy atom. The normalized spacial score (nSPS) is 36.8. The molecule has 0 saturated heterocycles. The maximum Gasteiger partial charge on any atom is -0.0233 e. The van der Waals surface area contributed by atoms with Crippen molar-refractivity contribution in [3.05, 3.63) is 24.3 Å². The molecule has 0 aromatic heterocycles. The number of unbranched alkanes of at least 4 members (excludes halogenated alkanes) is 3. The Morgan fingerprint density at radius 1 is 0.552 bits per heavy atom. The number of hydrogen-bond acceptors (Lipinski definition) is 0. The van der Waals surface area contributed by atoms with Gasteiger partial charge in [0.25, 0.3) is 0 Å². The van der Waals surface area contributed by atoms with Crippen LogP contribution in [0.25, 0.3) is 0 Å². The van der Waals surface area contributed by atoms with E-state index in [-0.39, 0.29) is 0 Å². The van der Waals surface area contributed by atoms with Gasteiger partial charge in [-0.15, -0.1) is 0 Å². The summed E-state index contributed by atoms with van der Waals surface area (Å²) in [6.45, 7) is 4.50. The summed E-state index contributed by atoms with van der Waals surface area (Å²) in [6, 6.07) is 0. The van der Waals surface area contributed by atoms with E-state index in [0.29, 0.717) is 0 Å². The first-order chi connectivity index (χ1) is 14.3. The smallest absolute Gasteiger partial charge is 0.0233 e. The average Bonchev–Trinajstić information content (AvgIpc) is 2.77. The summed E-state index contributed by atoms with van der Waals surface area (Å²) >= 11 is 0. The quantitative estimate of drug-likeness (QED) is 0.268. The highest BCUT2D eigenvalue weighted by Crippen LogP contribution is 2.42. The van der Waals surface area contributed by atoms with Crippen LogP contribution in [0.15, 0.2) is 24.3 Å². The summed E-state index contributed by atoms with van der Waals surface area (Å²) in [6.07, 6.45) is 35.2. The highest BCUT2D eigenvalue weighted by molar-refractivity contribution is 4.97. The van der Waals surface area contributed by atoms with E-state index in [1.807, 2.05) is 0 Å². The van der Waals surface area contributed by atoms with Gasteiger partial charge >= 0.3 is 0 Å². The van der Waals surface area contributed by atoms with Crippen molar-refractivity contribution < 1.29 is 0 Å². The van der Waals surface area contributed by atoms with E-state index in [0.717, 1.165) is 35.5 Å². The van der Waals surface area contributed by atoms with Gasteiger partial charge in [-0.2, -0.15) is 0 Å². The Morgan fingerprint density at radius 3 is 1.52 bits per heavy atom. The van der Waals surface area contributed by atoms with Gasteiger partial charge in [-0.3, -0.25) is 0 Å². The summed E-state index contributed by atoms with van der Waals surface area (Å²) in [4.78, 5) is 0. The monoisotopic (exact) mass is 398 g/mol. The lowest BCUT2D eigenvalue weighted by molar-refractivity contribution is 0.166. The Kier molecular flexibility index (Phi) is 10.4. The lowest BCUT2D eigenvalue weighted by Gasteiger charge is -2.37. The van der Waals surface area contributed by atoms with Gasteiger partial charge in [0, 0.05) is 0 Å². The first kappa shape index (κ1) is 23.1. The maximum absolute atomic E-state index is 2.66. The third-order valence-electron chi connectivity index (χ3n) is 8.78. The van der Waals surface area contributed by atoms with Gasteiger partial charge in [-0.05, 0) is 119 Å². The molecule has 0 heteroatoms. The fraction of sp³-hybridized carbons (Fsp3) is 0.862. The minimum atomic E-state index is 0.891. The van der Waals surface area contributed by atoms with Crippen molar-refractivity contribution in [2.75, 3.05) is 0 Å². The van der Waals surface area contributed by atoms with E-state index in [1.54, 1.807) is 0 Å². The molecule has 3 rings (SSSR count). The van der Waals surface area contributed by atoms with E-state index in [9.17, 15) is 0 Å². The van der Waals surface area contributed by atoms with Crippen LogP contribution in [0.5, 0.6) is 0 Å². The van der Waals surface area contributed by atoms with Crippen molar-refractivity contribution in [1.82, 2.24) is 0 Å². The largest absolute Gasteiger partial charge is 0.0914 e. The zero-order valence-electron chi connectivity index (χ0n) is 19.8. The fourth-order valence-electron chi connectivity index (χ4n) is 6.73. The van der Waals surface area contributed by atoms with E-state index in [1.165, 1.54) is 109 Å². The standard InChI is InChI=1S/C29H50/c1-3-5-6-7-9-25-10-12-26(13-11-25)14-15-27-18-22-29(23-19-27)28-20-16-24(8-4-2)17-21-28/h4,8,14-15,24-29H,3,5-7,9-13,16-23H2,1-2H3. The van der Waals surface area contributed by atoms with Crippen molar-refractivity contribution in [1.29, 1.82) is 0 Å². The molecule has 0 aromatic rings. The molecule has 166 valence electrons.